The molecule has 182 valence electrons. The van der Waals surface area contributed by atoms with Crippen LogP contribution in [0.3, 0.4) is 0 Å². The van der Waals surface area contributed by atoms with Crippen LogP contribution in [0.2, 0.25) is 0 Å². The Bertz CT molecular complexity index is 964. The van der Waals surface area contributed by atoms with Crippen molar-refractivity contribution in [2.75, 3.05) is 0 Å². The molecule has 1 atom stereocenters. The maximum Gasteiger partial charge on any atom is 0.321 e. The van der Waals surface area contributed by atoms with Gasteiger partial charge in [0.1, 0.15) is 11.8 Å². The number of unbranched alkanes of at least 4 members (excludes halogenated alkanes) is 3. The Balaban J connectivity index is 1.79. The van der Waals surface area contributed by atoms with Crippen LogP contribution in [0.5, 0.6) is 5.75 Å². The van der Waals surface area contributed by atoms with Crippen LogP contribution in [0.1, 0.15) is 107 Å². The molecule has 1 saturated carbocycles. The zero-order valence-corrected chi connectivity index (χ0v) is 21.4. The summed E-state index contributed by atoms with van der Waals surface area (Å²) < 4.78 is 5.98. The first kappa shape index (κ1) is 26.0. The van der Waals surface area contributed by atoms with Gasteiger partial charge in [-0.3, -0.25) is 4.79 Å². The zero-order chi connectivity index (χ0) is 24.4. The van der Waals surface area contributed by atoms with E-state index in [0.717, 1.165) is 62.5 Å². The third-order valence-corrected chi connectivity index (χ3v) is 7.57. The molecule has 0 radical (unpaired) electrons. The first-order valence-electron chi connectivity index (χ1n) is 13.4. The molecular formula is C31H41NO2. The highest BCUT2D eigenvalue weighted by molar-refractivity contribution is 5.85. The predicted octanol–water partition coefficient (Wildman–Crippen LogP) is 8.08. The summed E-state index contributed by atoms with van der Waals surface area (Å²) in [5.41, 5.74) is 3.33. The van der Waals surface area contributed by atoms with Crippen molar-refractivity contribution in [1.29, 1.82) is 5.26 Å². The minimum atomic E-state index is -0.624. The van der Waals surface area contributed by atoms with Crippen LogP contribution < -0.4 is 4.74 Å². The van der Waals surface area contributed by atoms with E-state index in [0.29, 0.717) is 17.2 Å². The predicted molar refractivity (Wildman–Crippen MR) is 139 cm³/mol. The lowest BCUT2D eigenvalue weighted by atomic mass is 9.69. The number of hydrogen-bond donors (Lipinski definition) is 0. The Morgan fingerprint density at radius 2 is 1.71 bits per heavy atom. The van der Waals surface area contributed by atoms with Gasteiger partial charge in [-0.1, -0.05) is 96.0 Å². The molecule has 1 fully saturated rings. The van der Waals surface area contributed by atoms with Crippen LogP contribution in [-0.2, 0) is 23.1 Å². The molecule has 3 nitrogen and oxygen atoms in total. The number of aryl methyl sites for hydroxylation is 1. The van der Waals surface area contributed by atoms with E-state index in [2.05, 4.69) is 51.1 Å². The quantitative estimate of drug-likeness (QED) is 0.194. The Kier molecular flexibility index (Phi) is 9.75. The fourth-order valence-corrected chi connectivity index (χ4v) is 5.14. The molecule has 34 heavy (non-hydrogen) atoms. The number of esters is 1. The second kappa shape index (κ2) is 12.7. The maximum absolute atomic E-state index is 13.7. The van der Waals surface area contributed by atoms with Crippen LogP contribution in [0, 0.1) is 17.2 Å². The summed E-state index contributed by atoms with van der Waals surface area (Å²) >= 11 is 0. The molecule has 1 unspecified atom stereocenters. The van der Waals surface area contributed by atoms with Crippen LogP contribution in [0.4, 0.5) is 0 Å². The van der Waals surface area contributed by atoms with Gasteiger partial charge < -0.3 is 4.74 Å². The second-order valence-corrected chi connectivity index (χ2v) is 10.2. The van der Waals surface area contributed by atoms with Gasteiger partial charge in [0.2, 0.25) is 0 Å². The number of nitrogens with zero attached hydrogens (tertiary/aromatic N) is 1. The summed E-state index contributed by atoms with van der Waals surface area (Å²) in [5.74, 6) is 0.729. The number of carbonyl (C=O) groups excluding carboxylic acids is 1. The van der Waals surface area contributed by atoms with Gasteiger partial charge in [-0.25, -0.2) is 0 Å². The monoisotopic (exact) mass is 459 g/mol. The molecule has 0 amide bonds. The highest BCUT2D eigenvalue weighted by Crippen LogP contribution is 2.41. The Morgan fingerprint density at radius 3 is 2.35 bits per heavy atom. The fraction of sp³-hybridized carbons (Fsp3) is 0.548. The summed E-state index contributed by atoms with van der Waals surface area (Å²) in [6.45, 7) is 6.62. The first-order valence-corrected chi connectivity index (χ1v) is 13.4. The molecular weight excluding hydrogens is 418 g/mol. The van der Waals surface area contributed by atoms with Gasteiger partial charge in [0, 0.05) is 0 Å². The molecule has 0 bridgehead atoms. The van der Waals surface area contributed by atoms with E-state index in [1.165, 1.54) is 31.2 Å². The van der Waals surface area contributed by atoms with Crippen molar-refractivity contribution in [3.8, 4) is 11.8 Å². The van der Waals surface area contributed by atoms with Gasteiger partial charge in [0.25, 0.3) is 0 Å². The first-order chi connectivity index (χ1) is 16.5. The van der Waals surface area contributed by atoms with Crippen molar-refractivity contribution in [2.45, 2.75) is 103 Å². The lowest BCUT2D eigenvalue weighted by molar-refractivity contribution is -0.142. The van der Waals surface area contributed by atoms with E-state index in [1.54, 1.807) is 0 Å². The van der Waals surface area contributed by atoms with E-state index < -0.39 is 5.41 Å². The summed E-state index contributed by atoms with van der Waals surface area (Å²) in [6.07, 6.45) is 12.9. The molecule has 2 aromatic rings. The standard InChI is InChI=1S/C31H41NO2/c1-4-6-7-9-12-25-13-16-28(17-14-25)31(19-10-8-11-20-31)30(33)34-29-18-15-26(21-24(3)5-2)22-27(29)23-32/h13-18,22,24H,4-12,19-21H2,1-3H3. The number of rotatable bonds is 11. The number of carbonyl (C=O) groups is 1. The van der Waals surface area contributed by atoms with Gasteiger partial charge in [-0.2, -0.15) is 5.26 Å². The van der Waals surface area contributed by atoms with Crippen LogP contribution in [-0.4, -0.2) is 5.97 Å². The largest absolute Gasteiger partial charge is 0.424 e. The number of nitriles is 1. The number of benzene rings is 2. The van der Waals surface area contributed by atoms with Crippen LogP contribution >= 0.6 is 0 Å². The van der Waals surface area contributed by atoms with Crippen molar-refractivity contribution in [2.24, 2.45) is 5.92 Å². The maximum atomic E-state index is 13.7. The molecule has 3 rings (SSSR count). The third kappa shape index (κ3) is 6.50. The van der Waals surface area contributed by atoms with E-state index in [-0.39, 0.29) is 5.97 Å². The minimum Gasteiger partial charge on any atom is -0.424 e. The van der Waals surface area contributed by atoms with Gasteiger partial charge in [-0.05, 0) is 66.8 Å². The molecule has 0 aromatic heterocycles. The molecule has 0 saturated heterocycles. The smallest absolute Gasteiger partial charge is 0.321 e. The Morgan fingerprint density at radius 1 is 1.00 bits per heavy atom. The molecule has 3 heteroatoms. The summed E-state index contributed by atoms with van der Waals surface area (Å²) in [5, 5.41) is 9.73. The van der Waals surface area contributed by atoms with Crippen LogP contribution in [0.25, 0.3) is 0 Å². The summed E-state index contributed by atoms with van der Waals surface area (Å²) in [6, 6.07) is 16.6. The molecule has 2 aromatic carbocycles. The van der Waals surface area contributed by atoms with E-state index in [1.807, 2.05) is 18.2 Å². The third-order valence-electron chi connectivity index (χ3n) is 7.57. The highest BCUT2D eigenvalue weighted by Gasteiger charge is 2.43. The molecule has 0 aliphatic heterocycles. The molecule has 1 aliphatic rings. The fourth-order valence-electron chi connectivity index (χ4n) is 5.14. The van der Waals surface area contributed by atoms with Gasteiger partial charge in [-0.15, -0.1) is 0 Å². The minimum absolute atomic E-state index is 0.214. The summed E-state index contributed by atoms with van der Waals surface area (Å²) in [4.78, 5) is 13.7. The van der Waals surface area contributed by atoms with Gasteiger partial charge in [0.15, 0.2) is 0 Å². The van der Waals surface area contributed by atoms with Gasteiger partial charge in [0.05, 0.1) is 11.0 Å². The normalized spacial score (nSPS) is 15.9. The average molecular weight is 460 g/mol. The molecule has 1 aliphatic carbocycles. The second-order valence-electron chi connectivity index (χ2n) is 10.2. The van der Waals surface area contributed by atoms with Crippen molar-refractivity contribution in [1.82, 2.24) is 0 Å². The van der Waals surface area contributed by atoms with Crippen molar-refractivity contribution < 1.29 is 9.53 Å². The summed E-state index contributed by atoms with van der Waals surface area (Å²) in [7, 11) is 0. The topological polar surface area (TPSA) is 50.1 Å². The average Bonchev–Trinajstić information content (AvgIpc) is 2.88. The van der Waals surface area contributed by atoms with Crippen molar-refractivity contribution in [3.05, 3.63) is 64.7 Å². The molecule has 0 spiro atoms. The van der Waals surface area contributed by atoms with Crippen molar-refractivity contribution in [3.63, 3.8) is 0 Å². The van der Waals surface area contributed by atoms with E-state index in [4.69, 9.17) is 4.74 Å². The lowest BCUT2D eigenvalue weighted by Crippen LogP contribution is -2.41. The van der Waals surface area contributed by atoms with Gasteiger partial charge >= 0.3 is 5.97 Å². The van der Waals surface area contributed by atoms with Crippen molar-refractivity contribution >= 4 is 5.97 Å². The highest BCUT2D eigenvalue weighted by atomic mass is 16.5. The number of hydrogen-bond acceptors (Lipinski definition) is 3. The Hall–Kier alpha value is -2.60. The zero-order valence-electron chi connectivity index (χ0n) is 21.4. The van der Waals surface area contributed by atoms with E-state index >= 15 is 0 Å². The number of ether oxygens (including phenoxy) is 1. The molecule has 0 N–H and O–H groups in total. The SMILES string of the molecule is CCCCCCc1ccc(C2(C(=O)Oc3ccc(CC(C)CC)cc3C#N)CCCCC2)cc1. The van der Waals surface area contributed by atoms with E-state index in [9.17, 15) is 10.1 Å². The lowest BCUT2D eigenvalue weighted by Gasteiger charge is -2.35. The molecule has 0 heterocycles. The van der Waals surface area contributed by atoms with Crippen LogP contribution in [0.15, 0.2) is 42.5 Å². The Labute approximate surface area is 206 Å².